The Morgan fingerprint density at radius 1 is 1.10 bits per heavy atom. The van der Waals surface area contributed by atoms with E-state index in [1.54, 1.807) is 28.0 Å². The summed E-state index contributed by atoms with van der Waals surface area (Å²) < 4.78 is 0. The van der Waals surface area contributed by atoms with Gasteiger partial charge in [-0.05, 0) is 35.3 Å². The highest BCUT2D eigenvalue weighted by atomic mass is 32.2. The molecule has 0 unspecified atom stereocenters. The molecule has 31 heavy (non-hydrogen) atoms. The molecule has 0 saturated carbocycles. The number of hydrogen-bond donors (Lipinski definition) is 0. The minimum absolute atomic E-state index is 0.0118. The van der Waals surface area contributed by atoms with E-state index in [0.29, 0.717) is 42.6 Å². The van der Waals surface area contributed by atoms with Gasteiger partial charge in [0.25, 0.3) is 5.69 Å². The molecule has 1 fully saturated rings. The number of nitro groups is 1. The molecular weight excluding hydrogens is 414 g/mol. The van der Waals surface area contributed by atoms with Crippen LogP contribution in [0.25, 0.3) is 6.08 Å². The SMILES string of the molecule is CC(C)c1ccccc1Sc1ccc(C=CC(=O)N2CCN(C=O)CC2)cc1[N+](=O)[O-]. The van der Waals surface area contributed by atoms with Crippen LogP contribution in [0.15, 0.2) is 58.3 Å². The van der Waals surface area contributed by atoms with Gasteiger partial charge in [-0.2, -0.15) is 0 Å². The molecule has 7 nitrogen and oxygen atoms in total. The largest absolute Gasteiger partial charge is 0.342 e. The van der Waals surface area contributed by atoms with E-state index in [0.717, 1.165) is 16.9 Å². The number of nitro benzene ring substituents is 1. The van der Waals surface area contributed by atoms with Crippen molar-refractivity contribution in [3.8, 4) is 0 Å². The first kappa shape index (κ1) is 22.6. The third-order valence-electron chi connectivity index (χ3n) is 5.13. The van der Waals surface area contributed by atoms with E-state index in [9.17, 15) is 19.7 Å². The number of rotatable bonds is 7. The fourth-order valence-corrected chi connectivity index (χ4v) is 4.54. The Morgan fingerprint density at radius 2 is 1.81 bits per heavy atom. The molecule has 0 N–H and O–H groups in total. The number of piperazine rings is 1. The number of hydrogen-bond acceptors (Lipinski definition) is 5. The standard InChI is InChI=1S/C23H25N3O4S/c1-17(2)19-5-3-4-6-21(19)31-22-9-7-18(15-20(22)26(29)30)8-10-23(28)25-13-11-24(16-27)12-14-25/h3-10,15-17H,11-14H2,1-2H3. The lowest BCUT2D eigenvalue weighted by Crippen LogP contribution is -2.47. The molecule has 0 bridgehead atoms. The Balaban J connectivity index is 1.76. The summed E-state index contributed by atoms with van der Waals surface area (Å²) >= 11 is 1.38. The van der Waals surface area contributed by atoms with Gasteiger partial charge in [0.05, 0.1) is 9.82 Å². The first-order valence-electron chi connectivity index (χ1n) is 10.1. The molecule has 1 saturated heterocycles. The maximum Gasteiger partial charge on any atom is 0.283 e. The third kappa shape index (κ3) is 5.73. The van der Waals surface area contributed by atoms with Crippen molar-refractivity contribution in [2.45, 2.75) is 29.6 Å². The molecule has 0 radical (unpaired) electrons. The molecular formula is C23H25N3O4S. The minimum Gasteiger partial charge on any atom is -0.342 e. The van der Waals surface area contributed by atoms with Crippen LogP contribution in [0.4, 0.5) is 5.69 Å². The van der Waals surface area contributed by atoms with Gasteiger partial charge in [0.1, 0.15) is 0 Å². The Bertz CT molecular complexity index is 998. The number of carbonyl (C=O) groups excluding carboxylic acids is 2. The molecule has 1 heterocycles. The molecule has 1 aliphatic rings. The molecule has 8 heteroatoms. The van der Waals surface area contributed by atoms with Crippen molar-refractivity contribution in [1.82, 2.24) is 9.80 Å². The molecule has 0 aliphatic carbocycles. The van der Waals surface area contributed by atoms with Crippen LogP contribution >= 0.6 is 11.8 Å². The summed E-state index contributed by atoms with van der Waals surface area (Å²) in [6.45, 7) is 6.17. The van der Waals surface area contributed by atoms with Gasteiger partial charge in [-0.1, -0.05) is 49.9 Å². The molecule has 1 aliphatic heterocycles. The maximum atomic E-state index is 12.4. The number of amides is 2. The van der Waals surface area contributed by atoms with E-state index >= 15 is 0 Å². The predicted molar refractivity (Wildman–Crippen MR) is 121 cm³/mol. The Morgan fingerprint density at radius 3 is 2.45 bits per heavy atom. The fraction of sp³-hybridized carbons (Fsp3) is 0.304. The summed E-state index contributed by atoms with van der Waals surface area (Å²) in [5.74, 6) is 0.141. The van der Waals surface area contributed by atoms with Crippen LogP contribution in [0.1, 0.15) is 30.9 Å². The monoisotopic (exact) mass is 439 g/mol. The zero-order chi connectivity index (χ0) is 22.4. The summed E-state index contributed by atoms with van der Waals surface area (Å²) in [7, 11) is 0. The van der Waals surface area contributed by atoms with Gasteiger partial charge in [-0.15, -0.1) is 0 Å². The molecule has 3 rings (SSSR count). The topological polar surface area (TPSA) is 83.8 Å². The Labute approximate surface area is 185 Å². The van der Waals surface area contributed by atoms with E-state index in [4.69, 9.17) is 0 Å². The van der Waals surface area contributed by atoms with Crippen molar-refractivity contribution in [1.29, 1.82) is 0 Å². The lowest BCUT2D eigenvalue weighted by molar-refractivity contribution is -0.387. The minimum atomic E-state index is -0.391. The highest BCUT2D eigenvalue weighted by Gasteiger charge is 2.19. The van der Waals surface area contributed by atoms with Gasteiger partial charge in [0, 0.05) is 43.2 Å². The van der Waals surface area contributed by atoms with Crippen LogP contribution < -0.4 is 0 Å². The summed E-state index contributed by atoms with van der Waals surface area (Å²) in [5, 5.41) is 11.7. The summed E-state index contributed by atoms with van der Waals surface area (Å²) in [4.78, 5) is 39.3. The van der Waals surface area contributed by atoms with Crippen LogP contribution in [-0.2, 0) is 9.59 Å². The molecule has 2 amide bonds. The van der Waals surface area contributed by atoms with E-state index < -0.39 is 4.92 Å². The maximum absolute atomic E-state index is 12.4. The number of nitrogens with zero attached hydrogens (tertiary/aromatic N) is 3. The van der Waals surface area contributed by atoms with Gasteiger partial charge in [-0.3, -0.25) is 19.7 Å². The van der Waals surface area contributed by atoms with Crippen LogP contribution in [0.2, 0.25) is 0 Å². The molecule has 0 atom stereocenters. The quantitative estimate of drug-likeness (QED) is 0.280. The van der Waals surface area contributed by atoms with E-state index in [2.05, 4.69) is 13.8 Å². The van der Waals surface area contributed by atoms with Crippen LogP contribution in [0, 0.1) is 10.1 Å². The Kier molecular flexibility index (Phi) is 7.46. The zero-order valence-corrected chi connectivity index (χ0v) is 18.4. The molecule has 2 aromatic rings. The summed E-state index contributed by atoms with van der Waals surface area (Å²) in [6.07, 6.45) is 3.81. The zero-order valence-electron chi connectivity index (χ0n) is 17.6. The first-order valence-corrected chi connectivity index (χ1v) is 10.9. The lowest BCUT2D eigenvalue weighted by atomic mass is 10.0. The molecule has 0 aromatic heterocycles. The summed E-state index contributed by atoms with van der Waals surface area (Å²) in [6, 6.07) is 12.9. The Hall–Kier alpha value is -3.13. The van der Waals surface area contributed by atoms with E-state index in [1.165, 1.54) is 23.9 Å². The van der Waals surface area contributed by atoms with Gasteiger partial charge in [0.15, 0.2) is 0 Å². The van der Waals surface area contributed by atoms with Gasteiger partial charge < -0.3 is 9.80 Å². The van der Waals surface area contributed by atoms with Crippen molar-refractivity contribution in [2.24, 2.45) is 0 Å². The van der Waals surface area contributed by atoms with Crippen molar-refractivity contribution in [3.05, 3.63) is 69.8 Å². The van der Waals surface area contributed by atoms with E-state index in [-0.39, 0.29) is 11.6 Å². The fourth-order valence-electron chi connectivity index (χ4n) is 3.36. The first-order chi connectivity index (χ1) is 14.9. The average Bonchev–Trinajstić information content (AvgIpc) is 2.78. The van der Waals surface area contributed by atoms with Crippen LogP contribution in [0.3, 0.4) is 0 Å². The van der Waals surface area contributed by atoms with Crippen molar-refractivity contribution >= 4 is 35.8 Å². The number of benzene rings is 2. The number of carbonyl (C=O) groups is 2. The van der Waals surface area contributed by atoms with Crippen LogP contribution in [-0.4, -0.2) is 53.2 Å². The van der Waals surface area contributed by atoms with Crippen molar-refractivity contribution in [2.75, 3.05) is 26.2 Å². The normalized spacial score (nSPS) is 14.3. The second kappa shape index (κ2) is 10.3. The van der Waals surface area contributed by atoms with Gasteiger partial charge in [-0.25, -0.2) is 0 Å². The predicted octanol–water partition coefficient (Wildman–Crippen LogP) is 4.18. The third-order valence-corrected chi connectivity index (χ3v) is 6.29. The van der Waals surface area contributed by atoms with Crippen molar-refractivity contribution < 1.29 is 14.5 Å². The second-order valence-corrected chi connectivity index (χ2v) is 8.66. The molecule has 0 spiro atoms. The highest BCUT2D eigenvalue weighted by Crippen LogP contribution is 2.39. The van der Waals surface area contributed by atoms with E-state index in [1.807, 2.05) is 24.3 Å². The molecule has 2 aromatic carbocycles. The summed E-state index contributed by atoms with van der Waals surface area (Å²) in [5.41, 5.74) is 1.75. The van der Waals surface area contributed by atoms with Crippen molar-refractivity contribution in [3.63, 3.8) is 0 Å². The molecule has 162 valence electrons. The van der Waals surface area contributed by atoms with Crippen LogP contribution in [0.5, 0.6) is 0 Å². The van der Waals surface area contributed by atoms with Gasteiger partial charge in [0.2, 0.25) is 12.3 Å². The second-order valence-electron chi connectivity index (χ2n) is 7.58. The highest BCUT2D eigenvalue weighted by molar-refractivity contribution is 7.99. The lowest BCUT2D eigenvalue weighted by Gasteiger charge is -2.31. The smallest absolute Gasteiger partial charge is 0.283 e. The average molecular weight is 440 g/mol. The van der Waals surface area contributed by atoms with Gasteiger partial charge >= 0.3 is 0 Å².